The fourth-order valence-electron chi connectivity index (χ4n) is 10.2. The van der Waals surface area contributed by atoms with E-state index in [1.165, 1.54) is 18.6 Å². The molecule has 49 heavy (non-hydrogen) atoms. The molecule has 0 aromatic heterocycles. The monoisotopic (exact) mass is 685 g/mol. The van der Waals surface area contributed by atoms with E-state index in [1.54, 1.807) is 0 Å². The largest absolute Gasteiger partial charge is 0.852 e. The number of aliphatic hydroxyl groups is 2. The van der Waals surface area contributed by atoms with Gasteiger partial charge in [-0.25, -0.2) is 9.59 Å². The van der Waals surface area contributed by atoms with Crippen LogP contribution in [-0.2, 0) is 22.3 Å². The Morgan fingerprint density at radius 3 is 2.12 bits per heavy atom. The molecule has 2 aliphatic carbocycles. The molecule has 276 valence electrons. The minimum atomic E-state index is -1.32. The Kier molecular flexibility index (Phi) is 12.9. The third-order valence-electron chi connectivity index (χ3n) is 13.4. The summed E-state index contributed by atoms with van der Waals surface area (Å²) in [4.78, 5) is 24.3. The second kappa shape index (κ2) is 16.5. The molecule has 2 aliphatic heterocycles. The lowest BCUT2D eigenvalue weighted by Gasteiger charge is -2.50. The first-order valence-corrected chi connectivity index (χ1v) is 19.2. The maximum atomic E-state index is 13.8. The molecule has 5 rings (SSSR count). The molecule has 0 bridgehead atoms. The minimum absolute atomic E-state index is 0.0402. The number of fused-ring (bicyclic) bond motifs is 2. The first kappa shape index (κ1) is 38.2. The number of hydrogen-bond acceptors (Lipinski definition) is 7. The Bertz CT molecular complexity index is 1280. The van der Waals surface area contributed by atoms with Crippen LogP contribution in [0, 0.1) is 41.4 Å². The second-order valence-corrected chi connectivity index (χ2v) is 16.3. The van der Waals surface area contributed by atoms with Crippen LogP contribution < -0.4 is 5.11 Å². The zero-order chi connectivity index (χ0) is 35.5. The van der Waals surface area contributed by atoms with Crippen molar-refractivity contribution in [3.63, 3.8) is 0 Å². The van der Waals surface area contributed by atoms with Gasteiger partial charge < -0.3 is 35.0 Å². The van der Waals surface area contributed by atoms with Crippen molar-refractivity contribution in [3.05, 3.63) is 34.4 Å². The van der Waals surface area contributed by atoms with Crippen LogP contribution in [0.1, 0.15) is 137 Å². The van der Waals surface area contributed by atoms with Gasteiger partial charge in [-0.2, -0.15) is 0 Å². The summed E-state index contributed by atoms with van der Waals surface area (Å²) in [6.45, 7) is 9.21. The van der Waals surface area contributed by atoms with Crippen molar-refractivity contribution < 1.29 is 44.6 Å². The maximum Gasteiger partial charge on any atom is 0.336 e. The summed E-state index contributed by atoms with van der Waals surface area (Å²) in [5.41, 5.74) is -0.281. The summed E-state index contributed by atoms with van der Waals surface area (Å²) in [5.74, 6) is -1.59. The predicted molar refractivity (Wildman–Crippen MR) is 185 cm³/mol. The molecule has 4 fully saturated rings. The van der Waals surface area contributed by atoms with Crippen molar-refractivity contribution in [3.8, 4) is 0 Å². The summed E-state index contributed by atoms with van der Waals surface area (Å²) < 4.78 is 12.2. The zero-order valence-corrected chi connectivity index (χ0v) is 30.1. The number of benzene rings is 1. The highest BCUT2D eigenvalue weighted by molar-refractivity contribution is 6.02. The molecule has 2 saturated heterocycles. The number of carbonyl (C=O) groups is 2. The summed E-state index contributed by atoms with van der Waals surface area (Å²) in [6.07, 6.45) is 10.2. The molecule has 9 nitrogen and oxygen atoms in total. The highest BCUT2D eigenvalue weighted by atomic mass is 16.5. The number of carboxylic acids is 2. The van der Waals surface area contributed by atoms with Gasteiger partial charge in [0.15, 0.2) is 0 Å². The fourth-order valence-corrected chi connectivity index (χ4v) is 10.2. The van der Waals surface area contributed by atoms with Crippen LogP contribution in [0.3, 0.4) is 0 Å². The fraction of sp³-hybridized carbons (Fsp3) is 0.800. The normalized spacial score (nSPS) is 34.7. The van der Waals surface area contributed by atoms with Gasteiger partial charge in [-0.05, 0) is 137 Å². The molecule has 4 aliphatic rings. The molecule has 2 saturated carbocycles. The molecule has 1 aromatic carbocycles. The quantitative estimate of drug-likeness (QED) is 0.211. The van der Waals surface area contributed by atoms with Gasteiger partial charge in [0.1, 0.15) is 0 Å². The predicted octanol–water partition coefficient (Wildman–Crippen LogP) is 5.89. The molecule has 12 atom stereocenters. The van der Waals surface area contributed by atoms with Gasteiger partial charge in [0, 0.05) is 0 Å². The molecular weight excluding hydrogens is 624 g/mol. The molecule has 2 heterocycles. The summed E-state index contributed by atoms with van der Waals surface area (Å²) in [7, 11) is 0. The second-order valence-electron chi connectivity index (χ2n) is 16.3. The van der Waals surface area contributed by atoms with Gasteiger partial charge in [-0.3, -0.25) is 0 Å². The summed E-state index contributed by atoms with van der Waals surface area (Å²) >= 11 is 0. The SMILES string of the molecule is C[C@H](C1CCCC2CC[C@H](C)OC[C@@]21O)[C@H]([O-])CCc1cc(C(=O)O)c(C(=O)O)cc1CC[C@@H](O)[C@H](C)C1CCCC2CC[C@H](C)OCC21. The van der Waals surface area contributed by atoms with E-state index in [9.17, 15) is 35.1 Å². The van der Waals surface area contributed by atoms with Gasteiger partial charge in [0.2, 0.25) is 0 Å². The van der Waals surface area contributed by atoms with Crippen LogP contribution in [0.15, 0.2) is 12.1 Å². The van der Waals surface area contributed by atoms with E-state index in [4.69, 9.17) is 9.47 Å². The van der Waals surface area contributed by atoms with E-state index in [1.807, 2.05) is 13.8 Å². The Balaban J connectivity index is 1.30. The average Bonchev–Trinajstić information content (AvgIpc) is 3.37. The van der Waals surface area contributed by atoms with Crippen LogP contribution in [0.2, 0.25) is 0 Å². The molecule has 5 unspecified atom stereocenters. The Labute approximate surface area is 292 Å². The minimum Gasteiger partial charge on any atom is -0.852 e. The van der Waals surface area contributed by atoms with E-state index in [2.05, 4.69) is 13.8 Å². The highest BCUT2D eigenvalue weighted by Crippen LogP contribution is 2.47. The number of aromatic carboxylic acids is 2. The Hall–Kier alpha value is -2.04. The third kappa shape index (κ3) is 8.71. The number of hydrogen-bond donors (Lipinski definition) is 4. The van der Waals surface area contributed by atoms with E-state index >= 15 is 0 Å². The van der Waals surface area contributed by atoms with Crippen LogP contribution in [0.25, 0.3) is 0 Å². The molecule has 4 N–H and O–H groups in total. The molecular formula is C40H61O9-. The molecule has 0 amide bonds. The standard InChI is InChI=1S/C40H61O9/c1-23-11-13-27-7-5-9-31(34(27)21-48-23)25(3)36(41)17-14-28-19-32(38(43)44)33(39(45)46)20-29(28)15-18-37(42)26(4)35-10-6-8-30-16-12-24(2)49-22-40(30,35)47/h19-20,23-27,30-31,34-37,41,47H,5-18,21-22H2,1-4H3,(H,43,44)(H,45,46)/q-1/t23-,24-,25+,26+,27?,30?,31?,34?,35?,36+,37+,40+/m0/s1. The first-order chi connectivity index (χ1) is 23.3. The zero-order valence-electron chi connectivity index (χ0n) is 30.1. The number of rotatable bonds is 12. The van der Waals surface area contributed by atoms with E-state index in [0.717, 1.165) is 64.4 Å². The molecule has 0 radical (unpaired) electrons. The summed E-state index contributed by atoms with van der Waals surface area (Å²) in [5, 5.41) is 57.1. The van der Waals surface area contributed by atoms with Crippen molar-refractivity contribution in [2.45, 2.75) is 148 Å². The van der Waals surface area contributed by atoms with Crippen LogP contribution >= 0.6 is 0 Å². The molecule has 0 spiro atoms. The highest BCUT2D eigenvalue weighted by Gasteiger charge is 2.49. The van der Waals surface area contributed by atoms with Gasteiger partial charge in [-0.15, -0.1) is 6.10 Å². The van der Waals surface area contributed by atoms with Gasteiger partial charge in [0.25, 0.3) is 0 Å². The smallest absolute Gasteiger partial charge is 0.336 e. The number of carboxylic acid groups (broad SMARTS) is 2. The lowest BCUT2D eigenvalue weighted by molar-refractivity contribution is -0.439. The van der Waals surface area contributed by atoms with Crippen LogP contribution in [0.5, 0.6) is 0 Å². The van der Waals surface area contributed by atoms with Gasteiger partial charge in [0.05, 0.1) is 48.3 Å². The first-order valence-electron chi connectivity index (χ1n) is 19.2. The lowest BCUT2D eigenvalue weighted by Crippen LogP contribution is -2.56. The number of aryl methyl sites for hydroxylation is 2. The van der Waals surface area contributed by atoms with Crippen molar-refractivity contribution in [2.24, 2.45) is 41.4 Å². The van der Waals surface area contributed by atoms with E-state index in [0.29, 0.717) is 48.1 Å². The van der Waals surface area contributed by atoms with Crippen molar-refractivity contribution >= 4 is 11.9 Å². The summed E-state index contributed by atoms with van der Waals surface area (Å²) in [6, 6.07) is 2.87. The average molecular weight is 686 g/mol. The van der Waals surface area contributed by atoms with Gasteiger partial charge >= 0.3 is 11.9 Å². The maximum absolute atomic E-state index is 13.8. The van der Waals surface area contributed by atoms with Crippen LogP contribution in [-0.4, -0.2) is 75.6 Å². The molecule has 9 heteroatoms. The topological polar surface area (TPSA) is 157 Å². The van der Waals surface area contributed by atoms with Gasteiger partial charge in [-0.1, -0.05) is 45.4 Å². The lowest BCUT2D eigenvalue weighted by atomic mass is 9.62. The molecule has 1 aromatic rings. The Morgan fingerprint density at radius 2 is 1.45 bits per heavy atom. The third-order valence-corrected chi connectivity index (χ3v) is 13.4. The number of ether oxygens (including phenoxy) is 2. The number of aliphatic hydroxyl groups excluding tert-OH is 1. The van der Waals surface area contributed by atoms with Crippen molar-refractivity contribution in [2.75, 3.05) is 13.2 Å². The van der Waals surface area contributed by atoms with Crippen LogP contribution in [0.4, 0.5) is 0 Å². The van der Waals surface area contributed by atoms with E-state index < -0.39 is 29.7 Å². The van der Waals surface area contributed by atoms with Crippen molar-refractivity contribution in [1.29, 1.82) is 0 Å². The van der Waals surface area contributed by atoms with E-state index in [-0.39, 0.29) is 60.0 Å². The Morgan fingerprint density at radius 1 is 0.837 bits per heavy atom. The van der Waals surface area contributed by atoms with Crippen molar-refractivity contribution in [1.82, 2.24) is 0 Å².